The molecule has 12 unspecified atom stereocenters. The lowest BCUT2D eigenvalue weighted by Crippen LogP contribution is -2.65. The average Bonchev–Trinajstić information content (AvgIpc) is 1.25. The van der Waals surface area contributed by atoms with Crippen molar-refractivity contribution >= 4 is 5.91 Å². The number of hydrogen-bond donors (Lipinski definition) is 9. The van der Waals surface area contributed by atoms with Gasteiger partial charge < -0.3 is 65.1 Å². The van der Waals surface area contributed by atoms with Gasteiger partial charge in [-0.15, -0.1) is 0 Å². The molecule has 2 aliphatic heterocycles. The molecule has 1 amide bonds. The van der Waals surface area contributed by atoms with E-state index in [0.29, 0.717) is 12.8 Å². The van der Waals surface area contributed by atoms with Gasteiger partial charge in [0.15, 0.2) is 12.6 Å². The Labute approximate surface area is 551 Å². The quantitative estimate of drug-likeness (QED) is 0.0204. The number of carbonyl (C=O) groups excluding carboxylic acids is 1. The third-order valence-electron chi connectivity index (χ3n) is 16.2. The molecule has 2 saturated heterocycles. The summed E-state index contributed by atoms with van der Waals surface area (Å²) in [6.45, 7) is 2.64. The van der Waals surface area contributed by atoms with Crippen molar-refractivity contribution < 1.29 is 64.6 Å². The zero-order valence-electron chi connectivity index (χ0n) is 56.3. The molecule has 0 radical (unpaired) electrons. The predicted octanol–water partition coefficient (Wildman–Crippen LogP) is 14.8. The van der Waals surface area contributed by atoms with E-state index in [9.17, 15) is 45.6 Å². The van der Waals surface area contributed by atoms with Crippen LogP contribution in [0.15, 0.2) is 146 Å². The van der Waals surface area contributed by atoms with Crippen LogP contribution in [0.25, 0.3) is 0 Å². The molecule has 0 aromatic heterocycles. The minimum Gasteiger partial charge on any atom is -0.394 e. The number of rotatable bonds is 56. The van der Waals surface area contributed by atoms with E-state index in [2.05, 4.69) is 153 Å². The molecule has 2 aliphatic rings. The highest BCUT2D eigenvalue weighted by molar-refractivity contribution is 5.76. The van der Waals surface area contributed by atoms with Gasteiger partial charge in [-0.25, -0.2) is 0 Å². The van der Waals surface area contributed by atoms with Gasteiger partial charge in [-0.05, 0) is 116 Å². The van der Waals surface area contributed by atoms with Crippen molar-refractivity contribution in [3.8, 4) is 0 Å². The standard InChI is InChI=1S/C77H127NO13/c1-3-5-7-9-11-13-15-17-19-21-23-25-27-29-31-32-33-34-35-37-39-41-43-45-47-49-51-53-55-57-59-61-69(82)78-65(64-88-76-74(87)72(85)75(68(63-80)90-76)91-77-73(86)71(84)70(83)67(62-79)89-77)66(81)60-58-56-54-52-50-48-46-44-42-40-38-36-30-28-26-24-22-20-18-16-14-12-10-8-6-4-2/h5,7,11,13,17,19,23,25,29,31,33-34,37,39,42-45,49-52,58,60,65-68,70-77,79-81,83-87H,3-4,6,8-10,12,14-16,18,20-22,24,26-28,30,32,35-36,38,40-41,46-48,53-57,59,61-64H2,1-2H3,(H,78,82)/b7-5-,13-11-,19-17-,25-23-,31-29-,34-33-,39-37-,44-42+,45-43-,51-49-,52-50+,60-58+. The van der Waals surface area contributed by atoms with Crippen LogP contribution in [0.3, 0.4) is 0 Å². The molecule has 14 nitrogen and oxygen atoms in total. The van der Waals surface area contributed by atoms with Gasteiger partial charge in [-0.1, -0.05) is 262 Å². The van der Waals surface area contributed by atoms with Crippen molar-refractivity contribution in [3.63, 3.8) is 0 Å². The molecule has 9 N–H and O–H groups in total. The highest BCUT2D eigenvalue weighted by Gasteiger charge is 2.51. The second-order valence-corrected chi connectivity index (χ2v) is 24.3. The average molecular weight is 1270 g/mol. The van der Waals surface area contributed by atoms with Crippen molar-refractivity contribution in [1.82, 2.24) is 5.32 Å². The molecule has 2 rings (SSSR count). The normalized spacial score (nSPS) is 23.7. The lowest BCUT2D eigenvalue weighted by Gasteiger charge is -2.46. The van der Waals surface area contributed by atoms with Crippen LogP contribution < -0.4 is 5.32 Å². The summed E-state index contributed by atoms with van der Waals surface area (Å²) in [5.74, 6) is -0.290. The first-order valence-corrected chi connectivity index (χ1v) is 35.6. The lowest BCUT2D eigenvalue weighted by atomic mass is 9.97. The Morgan fingerprint density at radius 2 is 0.769 bits per heavy atom. The topological polar surface area (TPSA) is 228 Å². The molecule has 14 heteroatoms. The first-order valence-electron chi connectivity index (χ1n) is 35.6. The molecule has 0 bridgehead atoms. The van der Waals surface area contributed by atoms with Crippen molar-refractivity contribution in [2.45, 2.75) is 312 Å². The Balaban J connectivity index is 1.74. The Bertz CT molecular complexity index is 2090. The molecule has 91 heavy (non-hydrogen) atoms. The molecule has 0 aromatic carbocycles. The van der Waals surface area contributed by atoms with Gasteiger partial charge in [-0.3, -0.25) is 4.79 Å². The van der Waals surface area contributed by atoms with Crippen molar-refractivity contribution in [2.75, 3.05) is 19.8 Å². The Hall–Kier alpha value is -4.13. The summed E-state index contributed by atoms with van der Waals surface area (Å²) in [5, 5.41) is 87.4. The Morgan fingerprint density at radius 3 is 1.21 bits per heavy atom. The molecule has 2 fully saturated rings. The van der Waals surface area contributed by atoms with Crippen LogP contribution >= 0.6 is 0 Å². The highest BCUT2D eigenvalue weighted by Crippen LogP contribution is 2.30. The number of aliphatic hydroxyl groups is 8. The van der Waals surface area contributed by atoms with Gasteiger partial charge in [0.05, 0.1) is 32.0 Å². The third kappa shape index (κ3) is 43.5. The van der Waals surface area contributed by atoms with Gasteiger partial charge in [0.1, 0.15) is 48.8 Å². The molecule has 0 saturated carbocycles. The zero-order valence-corrected chi connectivity index (χ0v) is 56.3. The van der Waals surface area contributed by atoms with E-state index >= 15 is 0 Å². The summed E-state index contributed by atoms with van der Waals surface area (Å²) in [6.07, 6.45) is 73.3. The van der Waals surface area contributed by atoms with Gasteiger partial charge in [-0.2, -0.15) is 0 Å². The van der Waals surface area contributed by atoms with Gasteiger partial charge in [0.25, 0.3) is 0 Å². The van der Waals surface area contributed by atoms with Crippen molar-refractivity contribution in [1.29, 1.82) is 0 Å². The maximum atomic E-state index is 13.3. The summed E-state index contributed by atoms with van der Waals surface area (Å²) in [5.41, 5.74) is 0. The van der Waals surface area contributed by atoms with E-state index < -0.39 is 86.8 Å². The molecule has 2 heterocycles. The largest absolute Gasteiger partial charge is 0.394 e. The van der Waals surface area contributed by atoms with Gasteiger partial charge >= 0.3 is 0 Å². The molecule has 0 aromatic rings. The second kappa shape index (κ2) is 59.6. The molecule has 0 spiro atoms. The fourth-order valence-corrected chi connectivity index (χ4v) is 10.6. The van der Waals surface area contributed by atoms with Crippen LogP contribution in [0.4, 0.5) is 0 Å². The Kier molecular flexibility index (Phi) is 54.3. The third-order valence-corrected chi connectivity index (χ3v) is 16.2. The maximum absolute atomic E-state index is 13.3. The van der Waals surface area contributed by atoms with Crippen LogP contribution in [0, 0.1) is 0 Å². The first-order chi connectivity index (χ1) is 44.6. The number of ether oxygens (including phenoxy) is 4. The summed E-state index contributed by atoms with van der Waals surface area (Å²) >= 11 is 0. The number of carbonyl (C=O) groups is 1. The summed E-state index contributed by atoms with van der Waals surface area (Å²) in [6, 6.07) is -0.969. The number of unbranched alkanes of at least 4 members (excludes halogenated alkanes) is 21. The number of amides is 1. The summed E-state index contributed by atoms with van der Waals surface area (Å²) in [7, 11) is 0. The first kappa shape index (κ1) is 83.0. The molecular weight excluding hydrogens is 1150 g/mol. The molecule has 0 aliphatic carbocycles. The highest BCUT2D eigenvalue weighted by atomic mass is 16.7. The van der Waals surface area contributed by atoms with E-state index in [-0.39, 0.29) is 18.9 Å². The number of aliphatic hydroxyl groups excluding tert-OH is 8. The smallest absolute Gasteiger partial charge is 0.220 e. The van der Waals surface area contributed by atoms with Crippen LogP contribution in [-0.2, 0) is 23.7 Å². The molecule has 518 valence electrons. The zero-order chi connectivity index (χ0) is 65.9. The van der Waals surface area contributed by atoms with Crippen molar-refractivity contribution in [2.24, 2.45) is 0 Å². The fraction of sp³-hybridized carbons (Fsp3) is 0.675. The van der Waals surface area contributed by atoms with E-state index in [4.69, 9.17) is 18.9 Å². The van der Waals surface area contributed by atoms with E-state index in [1.807, 2.05) is 6.08 Å². The number of nitrogens with one attached hydrogen (secondary N) is 1. The van der Waals surface area contributed by atoms with Crippen LogP contribution in [-0.4, -0.2) is 140 Å². The summed E-state index contributed by atoms with van der Waals surface area (Å²) < 4.78 is 22.8. The van der Waals surface area contributed by atoms with E-state index in [1.165, 1.54) is 103 Å². The Morgan fingerprint density at radius 1 is 0.407 bits per heavy atom. The number of allylic oxidation sites excluding steroid dienone is 23. The fourth-order valence-electron chi connectivity index (χ4n) is 10.6. The van der Waals surface area contributed by atoms with Crippen LogP contribution in [0.2, 0.25) is 0 Å². The van der Waals surface area contributed by atoms with Crippen LogP contribution in [0.5, 0.6) is 0 Å². The maximum Gasteiger partial charge on any atom is 0.220 e. The number of hydrogen-bond acceptors (Lipinski definition) is 13. The van der Waals surface area contributed by atoms with E-state index in [1.54, 1.807) is 6.08 Å². The van der Waals surface area contributed by atoms with E-state index in [0.717, 1.165) is 103 Å². The van der Waals surface area contributed by atoms with Crippen LogP contribution in [0.1, 0.15) is 239 Å². The van der Waals surface area contributed by atoms with Crippen molar-refractivity contribution in [3.05, 3.63) is 146 Å². The monoisotopic (exact) mass is 1270 g/mol. The van der Waals surface area contributed by atoms with Gasteiger partial charge in [0.2, 0.25) is 5.91 Å². The molecule has 12 atom stereocenters. The minimum absolute atomic E-state index is 0.220. The summed E-state index contributed by atoms with van der Waals surface area (Å²) in [4.78, 5) is 13.3. The van der Waals surface area contributed by atoms with Gasteiger partial charge in [0, 0.05) is 6.42 Å². The SMILES string of the molecule is CC/C=C\C/C=C\C/C=C\C/C=C\C/C=C\C/C=C\C/C=C\C/C=C\C/C=C\CCCCCC(=O)NC(COC1OC(CO)C(OC2OC(CO)C(O)C(O)C2O)C(O)C1O)C(O)/C=C/CC/C=C/CC/C=C/CCCCCCCCCCCCCCCCCC. The lowest BCUT2D eigenvalue weighted by molar-refractivity contribution is -0.359. The predicted molar refractivity (Wildman–Crippen MR) is 373 cm³/mol. The second-order valence-electron chi connectivity index (χ2n) is 24.3. The minimum atomic E-state index is -1.81. The molecular formula is C77H127NO13.